The Balaban J connectivity index is 1.75. The Kier molecular flexibility index (Phi) is 3.88. The highest BCUT2D eigenvalue weighted by Gasteiger charge is 2.22. The van der Waals surface area contributed by atoms with Crippen molar-refractivity contribution >= 4 is 5.95 Å². The molecule has 3 rings (SSSR count). The zero-order chi connectivity index (χ0) is 14.8. The van der Waals surface area contributed by atoms with Gasteiger partial charge in [-0.1, -0.05) is 0 Å². The third kappa shape index (κ3) is 2.90. The number of aromatic nitrogens is 4. The summed E-state index contributed by atoms with van der Waals surface area (Å²) in [5, 5.41) is 0. The standard InChI is InChI=1S/C15H22N6/c1-12(2)19(3)10-13-9-18-14-11-20(7-8-21(13)14)15-16-5-4-6-17-15/h4-6,9,12H,7-8,10-11H2,1-3H3. The largest absolute Gasteiger partial charge is 0.332 e. The molecule has 1 aliphatic heterocycles. The van der Waals surface area contributed by atoms with Crippen LogP contribution in [0.4, 0.5) is 5.95 Å². The van der Waals surface area contributed by atoms with Crippen LogP contribution >= 0.6 is 0 Å². The summed E-state index contributed by atoms with van der Waals surface area (Å²) in [6, 6.07) is 2.38. The molecule has 0 unspecified atom stereocenters. The maximum Gasteiger partial charge on any atom is 0.225 e. The van der Waals surface area contributed by atoms with Gasteiger partial charge in [-0.05, 0) is 27.0 Å². The Morgan fingerprint density at radius 1 is 1.19 bits per heavy atom. The highest BCUT2D eigenvalue weighted by atomic mass is 15.3. The summed E-state index contributed by atoms with van der Waals surface area (Å²) < 4.78 is 2.33. The van der Waals surface area contributed by atoms with E-state index in [-0.39, 0.29) is 0 Å². The van der Waals surface area contributed by atoms with Crippen molar-refractivity contribution in [1.82, 2.24) is 24.4 Å². The van der Waals surface area contributed by atoms with Gasteiger partial charge in [0.2, 0.25) is 5.95 Å². The molecule has 3 heterocycles. The Bertz CT molecular complexity index is 591. The van der Waals surface area contributed by atoms with E-state index in [1.165, 1.54) is 5.69 Å². The van der Waals surface area contributed by atoms with Crippen molar-refractivity contribution in [3.05, 3.63) is 36.2 Å². The molecule has 0 aromatic carbocycles. The highest BCUT2D eigenvalue weighted by molar-refractivity contribution is 5.30. The van der Waals surface area contributed by atoms with E-state index in [9.17, 15) is 0 Å². The van der Waals surface area contributed by atoms with E-state index in [4.69, 9.17) is 0 Å². The normalized spacial score (nSPS) is 14.8. The van der Waals surface area contributed by atoms with Crippen molar-refractivity contribution in [2.24, 2.45) is 0 Å². The minimum absolute atomic E-state index is 0.536. The lowest BCUT2D eigenvalue weighted by molar-refractivity contribution is 0.258. The molecule has 0 saturated carbocycles. The third-order valence-corrected chi connectivity index (χ3v) is 4.07. The van der Waals surface area contributed by atoms with Crippen LogP contribution in [0.15, 0.2) is 24.7 Å². The summed E-state index contributed by atoms with van der Waals surface area (Å²) in [5.74, 6) is 1.88. The topological polar surface area (TPSA) is 50.1 Å². The summed E-state index contributed by atoms with van der Waals surface area (Å²) in [5.41, 5.74) is 1.29. The molecule has 0 N–H and O–H groups in total. The van der Waals surface area contributed by atoms with E-state index < -0.39 is 0 Å². The molecule has 112 valence electrons. The van der Waals surface area contributed by atoms with Gasteiger partial charge in [-0.2, -0.15) is 0 Å². The minimum Gasteiger partial charge on any atom is -0.332 e. The van der Waals surface area contributed by atoms with Crippen molar-refractivity contribution < 1.29 is 0 Å². The summed E-state index contributed by atoms with van der Waals surface area (Å²) in [4.78, 5) is 17.7. The zero-order valence-corrected chi connectivity index (χ0v) is 12.9. The third-order valence-electron chi connectivity index (χ3n) is 4.07. The molecule has 0 radical (unpaired) electrons. The van der Waals surface area contributed by atoms with Crippen molar-refractivity contribution in [2.45, 2.75) is 39.5 Å². The number of fused-ring (bicyclic) bond motifs is 1. The Hall–Kier alpha value is -1.95. The van der Waals surface area contributed by atoms with Crippen LogP contribution in [0.1, 0.15) is 25.4 Å². The monoisotopic (exact) mass is 286 g/mol. The summed E-state index contributed by atoms with van der Waals surface area (Å²) in [7, 11) is 2.15. The van der Waals surface area contributed by atoms with Crippen LogP contribution in [0, 0.1) is 0 Å². The van der Waals surface area contributed by atoms with Gasteiger partial charge in [-0.3, -0.25) is 4.90 Å². The van der Waals surface area contributed by atoms with Gasteiger partial charge in [0.15, 0.2) is 0 Å². The second kappa shape index (κ2) is 5.81. The second-order valence-electron chi connectivity index (χ2n) is 5.80. The lowest BCUT2D eigenvalue weighted by Gasteiger charge is -2.29. The van der Waals surface area contributed by atoms with E-state index in [1.807, 2.05) is 12.3 Å². The summed E-state index contributed by atoms with van der Waals surface area (Å²) in [6.07, 6.45) is 5.57. The quantitative estimate of drug-likeness (QED) is 0.853. The van der Waals surface area contributed by atoms with Crippen molar-refractivity contribution in [3.63, 3.8) is 0 Å². The second-order valence-corrected chi connectivity index (χ2v) is 5.80. The van der Waals surface area contributed by atoms with Crippen molar-refractivity contribution in [3.8, 4) is 0 Å². The molecule has 21 heavy (non-hydrogen) atoms. The van der Waals surface area contributed by atoms with Crippen LogP contribution in [-0.4, -0.2) is 44.1 Å². The first-order chi connectivity index (χ1) is 10.1. The van der Waals surface area contributed by atoms with Gasteiger partial charge < -0.3 is 9.47 Å². The SMILES string of the molecule is CC(C)N(C)Cc1cnc2n1CCN(c1ncccn1)C2. The molecule has 6 heteroatoms. The van der Waals surface area contributed by atoms with Gasteiger partial charge in [0.05, 0.1) is 12.2 Å². The number of imidazole rings is 1. The van der Waals surface area contributed by atoms with Crippen molar-refractivity contribution in [1.29, 1.82) is 0 Å². The molecular formula is C15H22N6. The molecule has 0 atom stereocenters. The predicted molar refractivity (Wildman–Crippen MR) is 81.9 cm³/mol. The maximum atomic E-state index is 4.58. The summed E-state index contributed by atoms with van der Waals surface area (Å²) >= 11 is 0. The molecule has 0 bridgehead atoms. The Morgan fingerprint density at radius 3 is 2.67 bits per heavy atom. The molecule has 2 aromatic rings. The van der Waals surface area contributed by atoms with E-state index in [2.05, 4.69) is 50.2 Å². The van der Waals surface area contributed by atoms with Crippen LogP contribution in [0.5, 0.6) is 0 Å². The van der Waals surface area contributed by atoms with Gasteiger partial charge >= 0.3 is 0 Å². The molecule has 2 aromatic heterocycles. The van der Waals surface area contributed by atoms with Crippen LogP contribution in [0.25, 0.3) is 0 Å². The summed E-state index contributed by atoms with van der Waals surface area (Å²) in [6.45, 7) is 7.99. The van der Waals surface area contributed by atoms with Crippen LogP contribution in [0.2, 0.25) is 0 Å². The van der Waals surface area contributed by atoms with Crippen molar-refractivity contribution in [2.75, 3.05) is 18.5 Å². The van der Waals surface area contributed by atoms with E-state index in [1.54, 1.807) is 12.4 Å². The van der Waals surface area contributed by atoms with E-state index >= 15 is 0 Å². The van der Waals surface area contributed by atoms with Gasteiger partial charge in [-0.15, -0.1) is 0 Å². The van der Waals surface area contributed by atoms with E-state index in [0.29, 0.717) is 6.04 Å². The fourth-order valence-corrected chi connectivity index (χ4v) is 2.51. The molecule has 0 amide bonds. The van der Waals surface area contributed by atoms with Gasteiger partial charge in [0, 0.05) is 44.3 Å². The fourth-order valence-electron chi connectivity index (χ4n) is 2.51. The minimum atomic E-state index is 0.536. The fraction of sp³-hybridized carbons (Fsp3) is 0.533. The van der Waals surface area contributed by atoms with E-state index in [0.717, 1.165) is 38.0 Å². The average molecular weight is 286 g/mol. The van der Waals surface area contributed by atoms with Crippen LogP contribution < -0.4 is 4.90 Å². The average Bonchev–Trinajstić information content (AvgIpc) is 2.90. The van der Waals surface area contributed by atoms with Crippen LogP contribution in [-0.2, 0) is 19.6 Å². The predicted octanol–water partition coefficient (Wildman–Crippen LogP) is 1.53. The van der Waals surface area contributed by atoms with Gasteiger partial charge in [0.1, 0.15) is 5.82 Å². The molecular weight excluding hydrogens is 264 g/mol. The molecule has 1 aliphatic rings. The number of hydrogen-bond donors (Lipinski definition) is 0. The first-order valence-corrected chi connectivity index (χ1v) is 7.40. The molecule has 0 saturated heterocycles. The lowest BCUT2D eigenvalue weighted by Crippen LogP contribution is -2.36. The smallest absolute Gasteiger partial charge is 0.225 e. The number of nitrogens with zero attached hydrogens (tertiary/aromatic N) is 6. The first kappa shape index (κ1) is 14.0. The first-order valence-electron chi connectivity index (χ1n) is 7.40. The van der Waals surface area contributed by atoms with Gasteiger partial charge in [-0.25, -0.2) is 15.0 Å². The Morgan fingerprint density at radius 2 is 1.95 bits per heavy atom. The number of rotatable bonds is 4. The zero-order valence-electron chi connectivity index (χ0n) is 12.9. The van der Waals surface area contributed by atoms with Gasteiger partial charge in [0.25, 0.3) is 0 Å². The number of hydrogen-bond acceptors (Lipinski definition) is 5. The molecule has 0 spiro atoms. The maximum absolute atomic E-state index is 4.58. The highest BCUT2D eigenvalue weighted by Crippen LogP contribution is 2.19. The molecule has 0 fully saturated rings. The number of anilines is 1. The Labute approximate surface area is 125 Å². The van der Waals surface area contributed by atoms with Crippen LogP contribution in [0.3, 0.4) is 0 Å². The molecule has 6 nitrogen and oxygen atoms in total. The molecule has 0 aliphatic carbocycles. The lowest BCUT2D eigenvalue weighted by atomic mass is 10.3.